The largest absolute Gasteiger partial charge is 0.311 e. The molecular weight excluding hydrogens is 224 g/mol. The van der Waals surface area contributed by atoms with E-state index < -0.39 is 0 Å². The van der Waals surface area contributed by atoms with Gasteiger partial charge in [-0.3, -0.25) is 4.79 Å². The van der Waals surface area contributed by atoms with E-state index in [4.69, 9.17) is 0 Å². The molecule has 1 aliphatic rings. The topological polar surface area (TPSA) is 32.3 Å². The fourth-order valence-electron chi connectivity index (χ4n) is 2.76. The van der Waals surface area contributed by atoms with Crippen LogP contribution in [0.3, 0.4) is 0 Å². The van der Waals surface area contributed by atoms with Gasteiger partial charge in [0.15, 0.2) is 0 Å². The maximum absolute atomic E-state index is 12.4. The number of aryl methyl sites for hydroxylation is 2. The minimum Gasteiger partial charge on any atom is -0.311 e. The molecule has 0 saturated carbocycles. The summed E-state index contributed by atoms with van der Waals surface area (Å²) in [5, 5.41) is 3.12. The summed E-state index contributed by atoms with van der Waals surface area (Å²) in [4.78, 5) is 14.4. The van der Waals surface area contributed by atoms with Crippen LogP contribution < -0.4 is 10.2 Å². The Kier molecular flexibility index (Phi) is 4.02. The van der Waals surface area contributed by atoms with Gasteiger partial charge in [-0.15, -0.1) is 0 Å². The molecule has 0 spiro atoms. The van der Waals surface area contributed by atoms with E-state index in [2.05, 4.69) is 37.4 Å². The van der Waals surface area contributed by atoms with Gasteiger partial charge in [0.1, 0.15) is 0 Å². The van der Waals surface area contributed by atoms with Crippen LogP contribution in [0.2, 0.25) is 0 Å². The Bertz CT molecular complexity index is 442. The first-order chi connectivity index (χ1) is 8.69. The minimum atomic E-state index is -0.0249. The molecule has 3 heteroatoms. The first-order valence-electron chi connectivity index (χ1n) is 6.76. The SMILES string of the molecule is CCc1cccc(C)c1N1CCCC(NC)C1=O. The van der Waals surface area contributed by atoms with Crippen molar-refractivity contribution in [3.8, 4) is 0 Å². The van der Waals surface area contributed by atoms with E-state index in [1.165, 1.54) is 11.1 Å². The molecular formula is C15H22N2O. The number of hydrogen-bond acceptors (Lipinski definition) is 2. The molecule has 2 rings (SSSR count). The monoisotopic (exact) mass is 246 g/mol. The molecule has 1 fully saturated rings. The van der Waals surface area contributed by atoms with Gasteiger partial charge in [0.25, 0.3) is 0 Å². The first-order valence-corrected chi connectivity index (χ1v) is 6.76. The predicted octanol–water partition coefficient (Wildman–Crippen LogP) is 2.27. The van der Waals surface area contributed by atoms with E-state index in [1.807, 2.05) is 11.9 Å². The standard InChI is InChI=1S/C15H22N2O/c1-4-12-8-5-7-11(2)14(12)17-10-6-9-13(16-3)15(17)18/h5,7-8,13,16H,4,6,9-10H2,1-3H3. The number of likely N-dealkylation sites (N-methyl/N-ethyl adjacent to an activating group) is 1. The zero-order valence-corrected chi connectivity index (χ0v) is 11.5. The Hall–Kier alpha value is -1.35. The number of anilines is 1. The molecule has 0 bridgehead atoms. The number of rotatable bonds is 3. The zero-order valence-electron chi connectivity index (χ0n) is 11.5. The molecule has 1 aromatic rings. The third kappa shape index (κ3) is 2.27. The van der Waals surface area contributed by atoms with Crippen molar-refractivity contribution in [2.45, 2.75) is 39.2 Å². The molecule has 1 aliphatic heterocycles. The van der Waals surface area contributed by atoms with Crippen LogP contribution in [0.25, 0.3) is 0 Å². The summed E-state index contributed by atoms with van der Waals surface area (Å²) in [6, 6.07) is 6.26. The summed E-state index contributed by atoms with van der Waals surface area (Å²) in [6.45, 7) is 5.07. The Morgan fingerprint density at radius 2 is 2.22 bits per heavy atom. The van der Waals surface area contributed by atoms with Gasteiger partial charge >= 0.3 is 0 Å². The molecule has 1 unspecified atom stereocenters. The number of amides is 1. The van der Waals surface area contributed by atoms with E-state index in [9.17, 15) is 4.79 Å². The number of nitrogens with one attached hydrogen (secondary N) is 1. The summed E-state index contributed by atoms with van der Waals surface area (Å²) >= 11 is 0. The Balaban J connectivity index is 2.38. The van der Waals surface area contributed by atoms with Crippen LogP contribution in [-0.4, -0.2) is 25.5 Å². The molecule has 1 aromatic carbocycles. The van der Waals surface area contributed by atoms with E-state index in [1.54, 1.807) is 0 Å². The molecule has 98 valence electrons. The highest BCUT2D eigenvalue weighted by molar-refractivity contribution is 5.99. The van der Waals surface area contributed by atoms with Gasteiger partial charge in [0, 0.05) is 12.2 Å². The van der Waals surface area contributed by atoms with Crippen LogP contribution in [0.1, 0.15) is 30.9 Å². The van der Waals surface area contributed by atoms with Crippen LogP contribution in [0.5, 0.6) is 0 Å². The van der Waals surface area contributed by atoms with Crippen molar-refractivity contribution in [3.63, 3.8) is 0 Å². The van der Waals surface area contributed by atoms with Crippen LogP contribution in [0, 0.1) is 6.92 Å². The summed E-state index contributed by atoms with van der Waals surface area (Å²) in [5.74, 6) is 0.216. The van der Waals surface area contributed by atoms with E-state index in [0.29, 0.717) is 0 Å². The molecule has 0 aromatic heterocycles. The second-order valence-electron chi connectivity index (χ2n) is 4.91. The normalized spacial score (nSPS) is 20.3. The average Bonchev–Trinajstić information content (AvgIpc) is 2.39. The molecule has 1 saturated heterocycles. The van der Waals surface area contributed by atoms with Crippen LogP contribution >= 0.6 is 0 Å². The summed E-state index contributed by atoms with van der Waals surface area (Å²) in [6.07, 6.45) is 2.97. The lowest BCUT2D eigenvalue weighted by Crippen LogP contribution is -2.50. The van der Waals surface area contributed by atoms with Crippen LogP contribution in [-0.2, 0) is 11.2 Å². The molecule has 0 radical (unpaired) electrons. The number of piperidine rings is 1. The maximum Gasteiger partial charge on any atom is 0.244 e. The molecule has 1 heterocycles. The summed E-state index contributed by atoms with van der Waals surface area (Å²) < 4.78 is 0. The molecule has 0 aliphatic carbocycles. The fraction of sp³-hybridized carbons (Fsp3) is 0.533. The van der Waals surface area contributed by atoms with Crippen molar-refractivity contribution in [1.29, 1.82) is 0 Å². The van der Waals surface area contributed by atoms with Crippen molar-refractivity contribution >= 4 is 11.6 Å². The van der Waals surface area contributed by atoms with Crippen molar-refractivity contribution < 1.29 is 4.79 Å². The average molecular weight is 246 g/mol. The van der Waals surface area contributed by atoms with E-state index in [0.717, 1.165) is 31.5 Å². The van der Waals surface area contributed by atoms with Gasteiger partial charge in [-0.2, -0.15) is 0 Å². The highest BCUT2D eigenvalue weighted by Crippen LogP contribution is 2.29. The molecule has 3 nitrogen and oxygen atoms in total. The van der Waals surface area contributed by atoms with Gasteiger partial charge < -0.3 is 10.2 Å². The van der Waals surface area contributed by atoms with Gasteiger partial charge in [-0.25, -0.2) is 0 Å². The third-order valence-electron chi connectivity index (χ3n) is 3.76. The number of benzene rings is 1. The Morgan fingerprint density at radius 3 is 2.89 bits per heavy atom. The van der Waals surface area contributed by atoms with Crippen molar-refractivity contribution in [1.82, 2.24) is 5.32 Å². The quantitative estimate of drug-likeness (QED) is 0.887. The Morgan fingerprint density at radius 1 is 1.44 bits per heavy atom. The highest BCUT2D eigenvalue weighted by atomic mass is 16.2. The van der Waals surface area contributed by atoms with Gasteiger partial charge in [-0.05, 0) is 44.4 Å². The predicted molar refractivity (Wildman–Crippen MR) is 75.0 cm³/mol. The molecule has 1 amide bonds. The van der Waals surface area contributed by atoms with Crippen molar-refractivity contribution in [2.24, 2.45) is 0 Å². The van der Waals surface area contributed by atoms with E-state index >= 15 is 0 Å². The third-order valence-corrected chi connectivity index (χ3v) is 3.76. The second kappa shape index (κ2) is 5.53. The number of nitrogens with zero attached hydrogens (tertiary/aromatic N) is 1. The van der Waals surface area contributed by atoms with Crippen LogP contribution in [0.15, 0.2) is 18.2 Å². The lowest BCUT2D eigenvalue weighted by Gasteiger charge is -2.34. The number of hydrogen-bond donors (Lipinski definition) is 1. The zero-order chi connectivity index (χ0) is 13.1. The number of carbonyl (C=O) groups is 1. The lowest BCUT2D eigenvalue weighted by atomic mass is 9.99. The molecule has 1 N–H and O–H groups in total. The fourth-order valence-corrected chi connectivity index (χ4v) is 2.76. The van der Waals surface area contributed by atoms with E-state index in [-0.39, 0.29) is 11.9 Å². The Labute approximate surface area is 109 Å². The summed E-state index contributed by atoms with van der Waals surface area (Å²) in [7, 11) is 1.87. The van der Waals surface area contributed by atoms with Gasteiger partial charge in [-0.1, -0.05) is 25.1 Å². The highest BCUT2D eigenvalue weighted by Gasteiger charge is 2.30. The molecule has 18 heavy (non-hydrogen) atoms. The van der Waals surface area contributed by atoms with Crippen LogP contribution in [0.4, 0.5) is 5.69 Å². The number of carbonyl (C=O) groups excluding carboxylic acids is 1. The van der Waals surface area contributed by atoms with Crippen molar-refractivity contribution in [3.05, 3.63) is 29.3 Å². The van der Waals surface area contributed by atoms with Gasteiger partial charge in [0.05, 0.1) is 6.04 Å². The van der Waals surface area contributed by atoms with Crippen molar-refractivity contribution in [2.75, 3.05) is 18.5 Å². The minimum absolute atomic E-state index is 0.0249. The van der Waals surface area contributed by atoms with Gasteiger partial charge in [0.2, 0.25) is 5.91 Å². The molecule has 1 atom stereocenters. The second-order valence-corrected chi connectivity index (χ2v) is 4.91. The lowest BCUT2D eigenvalue weighted by molar-refractivity contribution is -0.121. The summed E-state index contributed by atoms with van der Waals surface area (Å²) in [5.41, 5.74) is 3.59. The first kappa shape index (κ1) is 13.1. The smallest absolute Gasteiger partial charge is 0.244 e. The number of para-hydroxylation sites is 1. The maximum atomic E-state index is 12.4.